The molecular formula is C9H13BrN2O2S. The summed E-state index contributed by atoms with van der Waals surface area (Å²) >= 11 is 3.31. The summed E-state index contributed by atoms with van der Waals surface area (Å²) in [7, 11) is -3.23. The molecule has 0 aliphatic heterocycles. The van der Waals surface area contributed by atoms with Crippen LogP contribution in [0.4, 0.5) is 0 Å². The molecule has 0 aromatic heterocycles. The van der Waals surface area contributed by atoms with E-state index in [1.165, 1.54) is 0 Å². The fraction of sp³-hybridized carbons (Fsp3) is 0.333. The van der Waals surface area contributed by atoms with Crippen LogP contribution in [0.25, 0.3) is 0 Å². The van der Waals surface area contributed by atoms with Gasteiger partial charge in [-0.25, -0.2) is 13.1 Å². The molecule has 0 aliphatic rings. The minimum absolute atomic E-state index is 0.0382. The summed E-state index contributed by atoms with van der Waals surface area (Å²) in [6.45, 7) is 0.436. The number of halogens is 1. The molecule has 0 unspecified atom stereocenters. The second-order valence-corrected chi connectivity index (χ2v) is 5.90. The minimum Gasteiger partial charge on any atom is -0.329 e. The maximum atomic E-state index is 11.3. The highest BCUT2D eigenvalue weighted by atomic mass is 79.9. The zero-order valence-electron chi connectivity index (χ0n) is 8.11. The van der Waals surface area contributed by atoms with Crippen molar-refractivity contribution in [2.24, 2.45) is 5.73 Å². The molecule has 0 amide bonds. The summed E-state index contributed by atoms with van der Waals surface area (Å²) in [5.74, 6) is -0.0382. The Hall–Kier alpha value is -0.430. The fourth-order valence-corrected chi connectivity index (χ4v) is 2.13. The second-order valence-electron chi connectivity index (χ2n) is 3.06. The average molecular weight is 293 g/mol. The molecule has 84 valence electrons. The molecule has 0 atom stereocenters. The SMILES string of the molecule is NCCS(=O)(=O)NCc1ccc(Br)cc1. The van der Waals surface area contributed by atoms with Gasteiger partial charge in [0.15, 0.2) is 0 Å². The van der Waals surface area contributed by atoms with E-state index in [0.29, 0.717) is 6.54 Å². The van der Waals surface area contributed by atoms with Crippen LogP contribution >= 0.6 is 15.9 Å². The first-order valence-corrected chi connectivity index (χ1v) is 6.90. The lowest BCUT2D eigenvalue weighted by Gasteiger charge is -2.05. The molecule has 0 saturated heterocycles. The van der Waals surface area contributed by atoms with Gasteiger partial charge in [-0.15, -0.1) is 0 Å². The first-order valence-electron chi connectivity index (χ1n) is 4.45. The van der Waals surface area contributed by atoms with Gasteiger partial charge in [0.25, 0.3) is 0 Å². The monoisotopic (exact) mass is 292 g/mol. The van der Waals surface area contributed by atoms with Gasteiger partial charge < -0.3 is 5.73 Å². The molecule has 1 aromatic rings. The van der Waals surface area contributed by atoms with Crippen molar-refractivity contribution in [3.05, 3.63) is 34.3 Å². The molecule has 0 spiro atoms. The number of nitrogens with one attached hydrogen (secondary N) is 1. The zero-order valence-corrected chi connectivity index (χ0v) is 10.5. The molecule has 0 saturated carbocycles. The Labute approximate surface area is 98.0 Å². The summed E-state index contributed by atoms with van der Waals surface area (Å²) < 4.78 is 26.0. The van der Waals surface area contributed by atoms with Crippen molar-refractivity contribution in [3.8, 4) is 0 Å². The van der Waals surface area contributed by atoms with Crippen LogP contribution in [0, 0.1) is 0 Å². The van der Waals surface area contributed by atoms with Crippen molar-refractivity contribution >= 4 is 26.0 Å². The highest BCUT2D eigenvalue weighted by Crippen LogP contribution is 2.10. The summed E-state index contributed by atoms with van der Waals surface area (Å²) in [6.07, 6.45) is 0. The minimum atomic E-state index is -3.23. The highest BCUT2D eigenvalue weighted by molar-refractivity contribution is 9.10. The van der Waals surface area contributed by atoms with Crippen molar-refractivity contribution in [3.63, 3.8) is 0 Å². The van der Waals surface area contributed by atoms with Crippen LogP contribution in [0.1, 0.15) is 5.56 Å². The van der Waals surface area contributed by atoms with E-state index in [4.69, 9.17) is 5.73 Å². The number of hydrogen-bond donors (Lipinski definition) is 2. The van der Waals surface area contributed by atoms with Crippen molar-refractivity contribution < 1.29 is 8.42 Å². The Bertz CT molecular complexity index is 403. The van der Waals surface area contributed by atoms with Crippen LogP contribution in [-0.2, 0) is 16.6 Å². The van der Waals surface area contributed by atoms with Gasteiger partial charge in [-0.05, 0) is 17.7 Å². The number of sulfonamides is 1. The largest absolute Gasteiger partial charge is 0.329 e. The lowest BCUT2D eigenvalue weighted by molar-refractivity contribution is 0.581. The van der Waals surface area contributed by atoms with E-state index < -0.39 is 10.0 Å². The van der Waals surface area contributed by atoms with Gasteiger partial charge in [0.1, 0.15) is 0 Å². The van der Waals surface area contributed by atoms with E-state index >= 15 is 0 Å². The molecular weight excluding hydrogens is 280 g/mol. The summed E-state index contributed by atoms with van der Waals surface area (Å²) in [4.78, 5) is 0. The van der Waals surface area contributed by atoms with E-state index in [-0.39, 0.29) is 12.3 Å². The molecule has 15 heavy (non-hydrogen) atoms. The Morgan fingerprint density at radius 2 is 1.87 bits per heavy atom. The standard InChI is InChI=1S/C9H13BrN2O2S/c10-9-3-1-8(2-4-9)7-12-15(13,14)6-5-11/h1-4,12H,5-7,11H2. The topological polar surface area (TPSA) is 72.2 Å². The Balaban J connectivity index is 2.54. The molecule has 3 N–H and O–H groups in total. The maximum Gasteiger partial charge on any atom is 0.213 e. The van der Waals surface area contributed by atoms with Gasteiger partial charge in [-0.2, -0.15) is 0 Å². The van der Waals surface area contributed by atoms with Gasteiger partial charge in [0, 0.05) is 17.6 Å². The third kappa shape index (κ3) is 4.74. The van der Waals surface area contributed by atoms with Crippen molar-refractivity contribution in [1.82, 2.24) is 4.72 Å². The molecule has 0 heterocycles. The lowest BCUT2D eigenvalue weighted by Crippen LogP contribution is -2.29. The van der Waals surface area contributed by atoms with Gasteiger partial charge in [0.2, 0.25) is 10.0 Å². The molecule has 0 radical (unpaired) electrons. The highest BCUT2D eigenvalue weighted by Gasteiger charge is 2.07. The molecule has 4 nitrogen and oxygen atoms in total. The molecule has 1 rings (SSSR count). The van der Waals surface area contributed by atoms with Gasteiger partial charge in [0.05, 0.1) is 5.75 Å². The fourth-order valence-electron chi connectivity index (χ4n) is 1.02. The average Bonchev–Trinajstić information content (AvgIpc) is 2.17. The quantitative estimate of drug-likeness (QED) is 0.844. The van der Waals surface area contributed by atoms with Gasteiger partial charge in [-0.1, -0.05) is 28.1 Å². The lowest BCUT2D eigenvalue weighted by atomic mass is 10.2. The van der Waals surface area contributed by atoms with Gasteiger partial charge >= 0.3 is 0 Å². The van der Waals surface area contributed by atoms with Crippen LogP contribution < -0.4 is 10.5 Å². The normalized spacial score (nSPS) is 11.6. The molecule has 0 aliphatic carbocycles. The van der Waals surface area contributed by atoms with E-state index in [1.807, 2.05) is 24.3 Å². The third-order valence-electron chi connectivity index (χ3n) is 1.80. The van der Waals surface area contributed by atoms with Crippen molar-refractivity contribution in [2.45, 2.75) is 6.54 Å². The second kappa shape index (κ2) is 5.60. The maximum absolute atomic E-state index is 11.3. The molecule has 6 heteroatoms. The van der Waals surface area contributed by atoms with E-state index in [9.17, 15) is 8.42 Å². The van der Waals surface area contributed by atoms with E-state index in [1.54, 1.807) is 0 Å². The Morgan fingerprint density at radius 1 is 1.27 bits per heavy atom. The molecule has 0 bridgehead atoms. The van der Waals surface area contributed by atoms with Crippen molar-refractivity contribution in [2.75, 3.05) is 12.3 Å². The molecule has 0 fully saturated rings. The Morgan fingerprint density at radius 3 is 2.40 bits per heavy atom. The van der Waals surface area contributed by atoms with Crippen molar-refractivity contribution in [1.29, 1.82) is 0 Å². The smallest absolute Gasteiger partial charge is 0.213 e. The number of benzene rings is 1. The predicted octanol–water partition coefficient (Wildman–Crippen LogP) is 0.827. The number of hydrogen-bond acceptors (Lipinski definition) is 3. The summed E-state index contributed by atoms with van der Waals surface area (Å²) in [6, 6.07) is 7.45. The van der Waals surface area contributed by atoms with Crippen LogP contribution in [0.15, 0.2) is 28.7 Å². The predicted molar refractivity (Wildman–Crippen MR) is 63.8 cm³/mol. The van der Waals surface area contributed by atoms with Crippen LogP contribution in [0.5, 0.6) is 0 Å². The number of nitrogens with two attached hydrogens (primary N) is 1. The number of rotatable bonds is 5. The first-order chi connectivity index (χ1) is 7.03. The third-order valence-corrected chi connectivity index (χ3v) is 3.68. The van der Waals surface area contributed by atoms with Gasteiger partial charge in [-0.3, -0.25) is 0 Å². The Kier molecular flexibility index (Phi) is 4.72. The van der Waals surface area contributed by atoms with Crippen LogP contribution in [0.3, 0.4) is 0 Å². The summed E-state index contributed by atoms with van der Waals surface area (Å²) in [5.41, 5.74) is 6.09. The van der Waals surface area contributed by atoms with E-state index in [0.717, 1.165) is 10.0 Å². The van der Waals surface area contributed by atoms with E-state index in [2.05, 4.69) is 20.7 Å². The summed E-state index contributed by atoms with van der Waals surface area (Å²) in [5, 5.41) is 0. The first kappa shape index (κ1) is 12.6. The van der Waals surface area contributed by atoms with Crippen LogP contribution in [0.2, 0.25) is 0 Å². The molecule has 1 aromatic carbocycles. The zero-order chi connectivity index (χ0) is 11.3. The van der Waals surface area contributed by atoms with Crippen LogP contribution in [-0.4, -0.2) is 20.7 Å².